The van der Waals surface area contributed by atoms with Crippen LogP contribution in [-0.4, -0.2) is 36.6 Å². The number of nitrogens with zero attached hydrogens (tertiary/aromatic N) is 6. The Balaban J connectivity index is 0.00000294. The highest BCUT2D eigenvalue weighted by atomic mass is 79.9. The number of carbonyl (C=O) groups is 2. The van der Waals surface area contributed by atoms with Gasteiger partial charge < -0.3 is 57.2 Å². The minimum Gasteiger partial charge on any atom is -1.00 e. The van der Waals surface area contributed by atoms with E-state index in [-0.39, 0.29) is 66.7 Å². The first-order valence-electron chi connectivity index (χ1n) is 12.7. The van der Waals surface area contributed by atoms with Gasteiger partial charge in [0.2, 0.25) is 0 Å². The number of amides is 2. The number of azo groups is 1. The van der Waals surface area contributed by atoms with Crippen molar-refractivity contribution in [3.63, 3.8) is 0 Å². The quantitative estimate of drug-likeness (QED) is 0.108. The van der Waals surface area contributed by atoms with Gasteiger partial charge in [0.1, 0.15) is 11.4 Å². The van der Waals surface area contributed by atoms with E-state index in [1.54, 1.807) is 52.9 Å². The summed E-state index contributed by atoms with van der Waals surface area (Å²) in [6.07, 6.45) is 11.2. The third kappa shape index (κ3) is 11.6. The van der Waals surface area contributed by atoms with E-state index in [0.717, 1.165) is 0 Å². The van der Waals surface area contributed by atoms with E-state index < -0.39 is 0 Å². The lowest BCUT2D eigenvalue weighted by Crippen LogP contribution is -3.00. The number of methoxy groups -OCH3 is 1. The Morgan fingerprint density at radius 2 is 1.33 bits per heavy atom. The fourth-order valence-corrected chi connectivity index (χ4v) is 3.81. The Bertz CT molecular complexity index is 1310. The lowest BCUT2D eigenvalue weighted by atomic mass is 10.3. The second-order valence-electron chi connectivity index (χ2n) is 8.68. The Morgan fingerprint density at radius 3 is 1.88 bits per heavy atom. The first-order valence-corrected chi connectivity index (χ1v) is 12.7. The van der Waals surface area contributed by atoms with Gasteiger partial charge in [0.05, 0.1) is 32.6 Å². The molecule has 224 valence electrons. The Hall–Kier alpha value is -3.87. The number of benzene rings is 1. The van der Waals surface area contributed by atoms with Crippen LogP contribution in [0.25, 0.3) is 0 Å². The van der Waals surface area contributed by atoms with E-state index in [9.17, 15) is 9.59 Å². The zero-order chi connectivity index (χ0) is 27.3. The second-order valence-corrected chi connectivity index (χ2v) is 8.68. The smallest absolute Gasteiger partial charge is 0.422 e. The molecule has 4 rings (SSSR count). The van der Waals surface area contributed by atoms with Crippen LogP contribution in [0.1, 0.15) is 0 Å². The number of halogens is 3. The van der Waals surface area contributed by atoms with E-state index in [1.165, 1.54) is 0 Å². The van der Waals surface area contributed by atoms with Crippen LogP contribution in [-0.2, 0) is 35.8 Å². The molecule has 11 nitrogen and oxygen atoms in total. The number of nitrogens with one attached hydrogen (secondary N) is 2. The first-order chi connectivity index (χ1) is 19.1. The normalized spacial score (nSPS) is 10.1. The maximum Gasteiger partial charge on any atom is 0.422 e. The maximum absolute atomic E-state index is 12.7. The summed E-state index contributed by atoms with van der Waals surface area (Å²) < 4.78 is 12.5. The monoisotopic (exact) mass is 678 g/mol. The predicted octanol–water partition coefficient (Wildman–Crippen LogP) is -7.58. The SMILES string of the molecule is COc1ccc(N=Nc2n(CC(=O)NCC[n+]3ccccc3)cc[n+]2CC(=O)NCC[n+]2ccccc2)cc1.[Br-].[Cl-].[Cl-]. The van der Waals surface area contributed by atoms with Gasteiger partial charge in [0.15, 0.2) is 51.0 Å². The van der Waals surface area contributed by atoms with Crippen LogP contribution >= 0.6 is 0 Å². The van der Waals surface area contributed by atoms with Crippen LogP contribution in [0.15, 0.2) is 108 Å². The summed E-state index contributed by atoms with van der Waals surface area (Å²) in [6.45, 7) is 2.36. The van der Waals surface area contributed by atoms with E-state index in [4.69, 9.17) is 4.74 Å². The third-order valence-electron chi connectivity index (χ3n) is 5.83. The molecule has 0 aliphatic rings. The standard InChI is InChI=1S/C28H31N8O3.BrH.2ClH/c1-39-25-10-8-24(9-11-25)31-32-28-35(22-26(37)29-12-18-33-14-4-2-5-15-33)20-21-36(28)23-27(38)30-13-19-34-16-6-3-7-17-34;;;/h2-11,14-17,20-21H,12-13,18-19,22-23H2,1H3;3*1H/q+1;;;/p-1. The molecule has 1 aromatic carbocycles. The van der Waals surface area contributed by atoms with Gasteiger partial charge in [-0.15, -0.1) is 0 Å². The highest BCUT2D eigenvalue weighted by Gasteiger charge is 2.22. The third-order valence-corrected chi connectivity index (χ3v) is 5.83. The summed E-state index contributed by atoms with van der Waals surface area (Å²) in [6, 6.07) is 18.8. The molecule has 3 heterocycles. The van der Waals surface area contributed by atoms with Gasteiger partial charge in [-0.05, 0) is 24.3 Å². The Kier molecular flexibility index (Phi) is 16.6. The minimum atomic E-state index is -0.167. The van der Waals surface area contributed by atoms with Crippen molar-refractivity contribution < 1.29 is 69.8 Å². The molecule has 0 radical (unpaired) electrons. The number of imidazole rings is 1. The van der Waals surface area contributed by atoms with Crippen LogP contribution in [0, 0.1) is 0 Å². The van der Waals surface area contributed by atoms with Crippen LogP contribution in [0.3, 0.4) is 0 Å². The molecule has 14 heteroatoms. The minimum absolute atomic E-state index is 0. The molecule has 0 bridgehead atoms. The van der Waals surface area contributed by atoms with Crippen molar-refractivity contribution >= 4 is 23.5 Å². The van der Waals surface area contributed by atoms with E-state index in [0.29, 0.717) is 43.6 Å². The molecule has 0 unspecified atom stereocenters. The number of rotatable bonds is 13. The van der Waals surface area contributed by atoms with E-state index in [2.05, 4.69) is 20.9 Å². The average molecular weight is 680 g/mol. The van der Waals surface area contributed by atoms with Crippen molar-refractivity contribution in [1.82, 2.24) is 15.2 Å². The largest absolute Gasteiger partial charge is 1.00 e. The van der Waals surface area contributed by atoms with E-state index >= 15 is 0 Å². The Labute approximate surface area is 267 Å². The molecule has 2 N–H and O–H groups in total. The molecule has 0 atom stereocenters. The Morgan fingerprint density at radius 1 is 0.786 bits per heavy atom. The summed E-state index contributed by atoms with van der Waals surface area (Å²) in [5.74, 6) is 0.757. The molecular weight excluding hydrogens is 647 g/mol. The lowest BCUT2D eigenvalue weighted by Gasteiger charge is -2.04. The fourth-order valence-electron chi connectivity index (χ4n) is 3.81. The number of hydrogen-bond acceptors (Lipinski definition) is 5. The van der Waals surface area contributed by atoms with Gasteiger partial charge in [0.25, 0.3) is 11.8 Å². The van der Waals surface area contributed by atoms with Crippen LogP contribution in [0.2, 0.25) is 0 Å². The zero-order valence-corrected chi connectivity index (χ0v) is 26.1. The van der Waals surface area contributed by atoms with Crippen molar-refractivity contribution in [1.29, 1.82) is 0 Å². The molecule has 2 amide bonds. The number of aromatic nitrogens is 4. The molecule has 4 aromatic rings. The van der Waals surface area contributed by atoms with Gasteiger partial charge in [-0.3, -0.25) is 9.59 Å². The highest BCUT2D eigenvalue weighted by molar-refractivity contribution is 5.76. The number of pyridine rings is 2. The summed E-state index contributed by atoms with van der Waals surface area (Å²) in [5, 5.41) is 14.6. The van der Waals surface area contributed by atoms with Crippen molar-refractivity contribution in [2.24, 2.45) is 10.2 Å². The van der Waals surface area contributed by atoms with Crippen molar-refractivity contribution in [3.8, 4) is 5.75 Å². The van der Waals surface area contributed by atoms with Gasteiger partial charge in [-0.25, -0.2) is 18.3 Å². The van der Waals surface area contributed by atoms with Gasteiger partial charge in [-0.2, -0.15) is 0 Å². The number of carbonyl (C=O) groups excluding carboxylic acids is 2. The van der Waals surface area contributed by atoms with Crippen molar-refractivity contribution in [2.75, 3.05) is 20.2 Å². The number of hydrogen-bond donors (Lipinski definition) is 2. The van der Waals surface area contributed by atoms with Crippen LogP contribution in [0.5, 0.6) is 5.75 Å². The summed E-state index contributed by atoms with van der Waals surface area (Å²) in [7, 11) is 1.60. The second kappa shape index (κ2) is 19.3. The molecule has 3 aromatic heterocycles. The van der Waals surface area contributed by atoms with Gasteiger partial charge in [-0.1, -0.05) is 17.2 Å². The first kappa shape index (κ1) is 36.2. The number of ether oxygens (including phenoxy) is 1. The average Bonchev–Trinajstić information content (AvgIpc) is 3.33. The predicted molar refractivity (Wildman–Crippen MR) is 141 cm³/mol. The van der Waals surface area contributed by atoms with Crippen LogP contribution in [0.4, 0.5) is 11.6 Å². The van der Waals surface area contributed by atoms with Crippen molar-refractivity contribution in [2.45, 2.75) is 26.2 Å². The molecule has 0 aliphatic carbocycles. The van der Waals surface area contributed by atoms with Gasteiger partial charge in [0, 0.05) is 29.4 Å². The highest BCUT2D eigenvalue weighted by Crippen LogP contribution is 2.20. The van der Waals surface area contributed by atoms with Crippen LogP contribution < -0.4 is 70.9 Å². The molecule has 0 fully saturated rings. The molecular formula is C28H33BrCl2N8O3. The molecule has 0 aliphatic heterocycles. The lowest BCUT2D eigenvalue weighted by molar-refractivity contribution is -0.695. The summed E-state index contributed by atoms with van der Waals surface area (Å²) in [4.78, 5) is 25.4. The summed E-state index contributed by atoms with van der Waals surface area (Å²) in [5.41, 5.74) is 0.615. The zero-order valence-electron chi connectivity index (χ0n) is 23.0. The maximum atomic E-state index is 12.7. The van der Waals surface area contributed by atoms with Gasteiger partial charge >= 0.3 is 5.95 Å². The topological polar surface area (TPSA) is 109 Å². The van der Waals surface area contributed by atoms with Crippen molar-refractivity contribution in [3.05, 3.63) is 97.8 Å². The molecule has 0 saturated carbocycles. The fraction of sp³-hybridized carbons (Fsp3) is 0.250. The molecule has 0 saturated heterocycles. The van der Waals surface area contributed by atoms with E-state index in [1.807, 2.05) is 70.3 Å². The molecule has 0 spiro atoms. The summed E-state index contributed by atoms with van der Waals surface area (Å²) >= 11 is 0. The molecule has 42 heavy (non-hydrogen) atoms.